The normalized spacial score (nSPS) is 17.9. The first-order valence-corrected chi connectivity index (χ1v) is 14.3. The Bertz CT molecular complexity index is 1630. The van der Waals surface area contributed by atoms with E-state index in [1.54, 1.807) is 18.2 Å². The SMILES string of the molecule is Cc1ccc2nc(N3CCN(S(=O)(=O)c4ccccc4C#N)CC3)n3c(C4CCCCC4)nnc3c2c1. The van der Waals surface area contributed by atoms with Gasteiger partial charge in [0.15, 0.2) is 5.65 Å². The molecule has 2 fully saturated rings. The topological polar surface area (TPSA) is 107 Å². The number of sulfonamides is 1. The molecule has 1 saturated carbocycles. The lowest BCUT2D eigenvalue weighted by atomic mass is 9.89. The van der Waals surface area contributed by atoms with Gasteiger partial charge >= 0.3 is 0 Å². The van der Waals surface area contributed by atoms with Crippen LogP contribution in [0, 0.1) is 18.3 Å². The molecular weight excluding hydrogens is 486 g/mol. The van der Waals surface area contributed by atoms with Crippen LogP contribution < -0.4 is 4.90 Å². The number of aryl methyl sites for hydroxylation is 1. The van der Waals surface area contributed by atoms with Gasteiger partial charge in [0.1, 0.15) is 11.9 Å². The Balaban J connectivity index is 1.37. The van der Waals surface area contributed by atoms with Crippen molar-refractivity contribution in [2.45, 2.75) is 49.8 Å². The third-order valence-corrected chi connectivity index (χ3v) is 9.58. The molecule has 0 bridgehead atoms. The number of hydrogen-bond donors (Lipinski definition) is 0. The molecule has 1 aliphatic heterocycles. The predicted octanol–water partition coefficient (Wildman–Crippen LogP) is 4.02. The molecule has 2 aliphatic rings. The molecule has 0 radical (unpaired) electrons. The largest absolute Gasteiger partial charge is 0.339 e. The van der Waals surface area contributed by atoms with Crippen LogP contribution in [0.4, 0.5) is 5.95 Å². The molecule has 0 N–H and O–H groups in total. The fourth-order valence-electron chi connectivity index (χ4n) is 5.64. The lowest BCUT2D eigenvalue weighted by Gasteiger charge is -2.35. The molecular formula is C27H29N7O2S. The highest BCUT2D eigenvalue weighted by atomic mass is 32.2. The van der Waals surface area contributed by atoms with Gasteiger partial charge in [-0.3, -0.25) is 0 Å². The Morgan fingerprint density at radius 2 is 1.73 bits per heavy atom. The zero-order valence-corrected chi connectivity index (χ0v) is 21.7. The maximum atomic E-state index is 13.4. The van der Waals surface area contributed by atoms with Crippen molar-refractivity contribution in [3.05, 3.63) is 59.4 Å². The quantitative estimate of drug-likeness (QED) is 0.404. The zero-order chi connectivity index (χ0) is 25.6. The second kappa shape index (κ2) is 9.39. The van der Waals surface area contributed by atoms with Gasteiger partial charge in [-0.2, -0.15) is 9.57 Å². The molecule has 2 aromatic carbocycles. The van der Waals surface area contributed by atoms with Gasteiger partial charge in [0, 0.05) is 37.5 Å². The van der Waals surface area contributed by atoms with Gasteiger partial charge in [-0.1, -0.05) is 43.0 Å². The maximum Gasteiger partial charge on any atom is 0.244 e. The summed E-state index contributed by atoms with van der Waals surface area (Å²) in [6.07, 6.45) is 5.82. The van der Waals surface area contributed by atoms with Crippen LogP contribution in [0.2, 0.25) is 0 Å². The lowest BCUT2D eigenvalue weighted by Crippen LogP contribution is -2.49. The van der Waals surface area contributed by atoms with Crippen molar-refractivity contribution in [1.82, 2.24) is 23.9 Å². The van der Waals surface area contributed by atoms with Crippen molar-refractivity contribution in [3.8, 4) is 6.07 Å². The molecule has 190 valence electrons. The minimum atomic E-state index is -3.77. The zero-order valence-electron chi connectivity index (χ0n) is 20.8. The van der Waals surface area contributed by atoms with Crippen LogP contribution in [-0.2, 0) is 10.0 Å². The molecule has 37 heavy (non-hydrogen) atoms. The minimum Gasteiger partial charge on any atom is -0.339 e. The van der Waals surface area contributed by atoms with Gasteiger partial charge in [-0.15, -0.1) is 10.2 Å². The molecule has 6 rings (SSSR count). The number of aromatic nitrogens is 4. The Hall–Kier alpha value is -3.55. The van der Waals surface area contributed by atoms with Crippen LogP contribution in [0.3, 0.4) is 0 Å². The van der Waals surface area contributed by atoms with E-state index in [2.05, 4.69) is 32.5 Å². The maximum absolute atomic E-state index is 13.4. The predicted molar refractivity (Wildman–Crippen MR) is 141 cm³/mol. The molecule has 1 aliphatic carbocycles. The Kier molecular flexibility index (Phi) is 6.05. The number of nitriles is 1. The molecule has 0 atom stereocenters. The van der Waals surface area contributed by atoms with Crippen molar-refractivity contribution in [1.29, 1.82) is 5.26 Å². The minimum absolute atomic E-state index is 0.0611. The van der Waals surface area contributed by atoms with Crippen LogP contribution in [-0.4, -0.2) is 58.5 Å². The molecule has 2 aromatic heterocycles. The van der Waals surface area contributed by atoms with Crippen LogP contribution in [0.1, 0.15) is 55.0 Å². The summed E-state index contributed by atoms with van der Waals surface area (Å²) in [6.45, 7) is 3.63. The summed E-state index contributed by atoms with van der Waals surface area (Å²) in [5, 5.41) is 19.7. The highest BCUT2D eigenvalue weighted by Gasteiger charge is 2.32. The van der Waals surface area contributed by atoms with E-state index in [4.69, 9.17) is 4.98 Å². The highest BCUT2D eigenvalue weighted by Crippen LogP contribution is 2.35. The van der Waals surface area contributed by atoms with Crippen LogP contribution in [0.25, 0.3) is 16.6 Å². The molecule has 9 nitrogen and oxygen atoms in total. The van der Waals surface area contributed by atoms with Gasteiger partial charge < -0.3 is 4.90 Å². The van der Waals surface area contributed by atoms with Crippen LogP contribution in [0.15, 0.2) is 47.4 Å². The van der Waals surface area contributed by atoms with E-state index in [0.29, 0.717) is 32.1 Å². The van der Waals surface area contributed by atoms with Crippen molar-refractivity contribution < 1.29 is 8.42 Å². The number of rotatable bonds is 4. The number of fused-ring (bicyclic) bond motifs is 3. The lowest BCUT2D eigenvalue weighted by molar-refractivity contribution is 0.381. The van der Waals surface area contributed by atoms with Crippen molar-refractivity contribution in [3.63, 3.8) is 0 Å². The van der Waals surface area contributed by atoms with Gasteiger partial charge in [0.25, 0.3) is 0 Å². The fourth-order valence-corrected chi connectivity index (χ4v) is 7.21. The van der Waals surface area contributed by atoms with Gasteiger partial charge in [-0.05, 0) is 44.0 Å². The second-order valence-electron chi connectivity index (χ2n) is 9.98. The molecule has 4 aromatic rings. The van der Waals surface area contributed by atoms with E-state index in [1.807, 2.05) is 18.2 Å². The van der Waals surface area contributed by atoms with Gasteiger partial charge in [-0.25, -0.2) is 17.8 Å². The molecule has 1 saturated heterocycles. The number of nitrogens with zero attached hydrogens (tertiary/aromatic N) is 7. The average molecular weight is 516 g/mol. The van der Waals surface area contributed by atoms with Crippen molar-refractivity contribution in [2.75, 3.05) is 31.1 Å². The van der Waals surface area contributed by atoms with E-state index in [-0.39, 0.29) is 10.5 Å². The van der Waals surface area contributed by atoms with E-state index in [1.165, 1.54) is 29.6 Å². The van der Waals surface area contributed by atoms with Gasteiger partial charge in [0.05, 0.1) is 16.0 Å². The first kappa shape index (κ1) is 23.8. The number of piperazine rings is 1. The first-order chi connectivity index (χ1) is 18.0. The fraction of sp³-hybridized carbons (Fsp3) is 0.407. The molecule has 0 amide bonds. The standard InChI is InChI=1S/C27H29N7O2S/c1-19-11-12-23-22(17-19)26-31-30-25(20-7-3-2-4-8-20)34(26)27(29-23)32-13-15-33(16-14-32)37(35,36)24-10-6-5-9-21(24)18-28/h5-6,9-12,17,20H,2-4,7-8,13-16H2,1H3. The smallest absolute Gasteiger partial charge is 0.244 e. The monoisotopic (exact) mass is 515 g/mol. The molecule has 10 heteroatoms. The second-order valence-corrected chi connectivity index (χ2v) is 11.9. The Morgan fingerprint density at radius 3 is 2.49 bits per heavy atom. The summed E-state index contributed by atoms with van der Waals surface area (Å²) < 4.78 is 30.3. The summed E-state index contributed by atoms with van der Waals surface area (Å²) in [7, 11) is -3.77. The summed E-state index contributed by atoms with van der Waals surface area (Å²) in [5.74, 6) is 2.07. The van der Waals surface area contributed by atoms with E-state index in [0.717, 1.165) is 46.7 Å². The number of anilines is 1. The number of benzene rings is 2. The third-order valence-electron chi connectivity index (χ3n) is 7.62. The average Bonchev–Trinajstić information content (AvgIpc) is 3.39. The molecule has 0 spiro atoms. The van der Waals surface area contributed by atoms with Gasteiger partial charge in [0.2, 0.25) is 16.0 Å². The summed E-state index contributed by atoms with van der Waals surface area (Å²) in [5.41, 5.74) is 2.97. The van der Waals surface area contributed by atoms with Crippen molar-refractivity contribution in [2.24, 2.45) is 0 Å². The first-order valence-electron chi connectivity index (χ1n) is 12.9. The Morgan fingerprint density at radius 1 is 0.973 bits per heavy atom. The third kappa shape index (κ3) is 4.12. The van der Waals surface area contributed by atoms with Crippen LogP contribution in [0.5, 0.6) is 0 Å². The Labute approximate surface area is 216 Å². The molecule has 3 heterocycles. The van der Waals surface area contributed by atoms with Crippen LogP contribution >= 0.6 is 0 Å². The van der Waals surface area contributed by atoms with E-state index < -0.39 is 10.0 Å². The van der Waals surface area contributed by atoms with E-state index >= 15 is 0 Å². The summed E-state index contributed by atoms with van der Waals surface area (Å²) in [6, 6.07) is 14.6. The summed E-state index contributed by atoms with van der Waals surface area (Å²) in [4.78, 5) is 7.27. The highest BCUT2D eigenvalue weighted by molar-refractivity contribution is 7.89. The summed E-state index contributed by atoms with van der Waals surface area (Å²) >= 11 is 0. The number of hydrogen-bond acceptors (Lipinski definition) is 7. The van der Waals surface area contributed by atoms with E-state index in [9.17, 15) is 13.7 Å². The van der Waals surface area contributed by atoms with Crippen molar-refractivity contribution >= 4 is 32.5 Å². The molecule has 0 unspecified atom stereocenters.